The Labute approximate surface area is 134 Å². The predicted octanol–water partition coefficient (Wildman–Crippen LogP) is 2.16. The number of hydrogen-bond donors (Lipinski definition) is 1. The van der Waals surface area contributed by atoms with Gasteiger partial charge < -0.3 is 4.90 Å². The minimum atomic E-state index is -0.226. The van der Waals surface area contributed by atoms with Gasteiger partial charge >= 0.3 is 0 Å². The van der Waals surface area contributed by atoms with Gasteiger partial charge in [-0.15, -0.1) is 0 Å². The van der Waals surface area contributed by atoms with Crippen molar-refractivity contribution in [2.75, 3.05) is 13.1 Å². The number of fused-ring (bicyclic) bond motifs is 1. The summed E-state index contributed by atoms with van der Waals surface area (Å²) in [6, 6.07) is 1.86. The maximum atomic E-state index is 13.1. The fourth-order valence-corrected chi connectivity index (χ4v) is 3.48. The molecule has 6 nitrogen and oxygen atoms in total. The zero-order valence-corrected chi connectivity index (χ0v) is 13.5. The normalized spacial score (nSPS) is 19.1. The molecule has 2 fully saturated rings. The average Bonchev–Trinajstić information content (AvgIpc) is 3.36. The third-order valence-electron chi connectivity index (χ3n) is 4.95. The number of pyridine rings is 1. The van der Waals surface area contributed by atoms with Crippen LogP contribution in [0.5, 0.6) is 0 Å². The van der Waals surface area contributed by atoms with Crippen LogP contribution in [0.15, 0.2) is 10.9 Å². The summed E-state index contributed by atoms with van der Waals surface area (Å²) in [5.41, 5.74) is 1.85. The van der Waals surface area contributed by atoms with Gasteiger partial charge in [0.2, 0.25) is 0 Å². The number of carbonyl (C=O) groups excluding carboxylic acids is 1. The van der Waals surface area contributed by atoms with E-state index in [4.69, 9.17) is 0 Å². The number of amides is 1. The van der Waals surface area contributed by atoms with E-state index in [1.54, 1.807) is 11.7 Å². The number of carbonyl (C=O) groups is 1. The zero-order valence-electron chi connectivity index (χ0n) is 13.5. The molecule has 6 heteroatoms. The molecule has 0 aromatic carbocycles. The van der Waals surface area contributed by atoms with E-state index in [0.717, 1.165) is 44.5 Å². The molecule has 1 N–H and O–H groups in total. The van der Waals surface area contributed by atoms with Crippen LogP contribution in [0.25, 0.3) is 11.0 Å². The van der Waals surface area contributed by atoms with Gasteiger partial charge in [0, 0.05) is 31.7 Å². The van der Waals surface area contributed by atoms with Crippen LogP contribution >= 0.6 is 0 Å². The van der Waals surface area contributed by atoms with Crippen molar-refractivity contribution < 1.29 is 4.79 Å². The maximum absolute atomic E-state index is 13.1. The number of aryl methyl sites for hydroxylation is 1. The minimum Gasteiger partial charge on any atom is -0.339 e. The van der Waals surface area contributed by atoms with E-state index in [1.165, 1.54) is 12.8 Å². The van der Waals surface area contributed by atoms with Crippen LogP contribution in [0, 0.1) is 0 Å². The molecule has 0 spiro atoms. The Hall–Kier alpha value is -2.11. The first-order valence-electron chi connectivity index (χ1n) is 8.54. The molecule has 1 amide bonds. The van der Waals surface area contributed by atoms with Crippen molar-refractivity contribution in [1.82, 2.24) is 19.7 Å². The predicted molar refractivity (Wildman–Crippen MR) is 87.7 cm³/mol. The summed E-state index contributed by atoms with van der Waals surface area (Å²) in [4.78, 5) is 31.9. The molecule has 2 aromatic heterocycles. The van der Waals surface area contributed by atoms with Crippen molar-refractivity contribution in [2.24, 2.45) is 7.05 Å². The van der Waals surface area contributed by atoms with Crippen molar-refractivity contribution in [1.29, 1.82) is 0 Å². The van der Waals surface area contributed by atoms with Gasteiger partial charge in [-0.3, -0.25) is 19.4 Å². The lowest BCUT2D eigenvalue weighted by Gasteiger charge is -2.20. The number of H-pyrrole nitrogens is 1. The number of nitrogens with one attached hydrogen (secondary N) is 1. The van der Waals surface area contributed by atoms with Crippen LogP contribution < -0.4 is 5.56 Å². The fourth-order valence-electron chi connectivity index (χ4n) is 3.48. The monoisotopic (exact) mass is 314 g/mol. The lowest BCUT2D eigenvalue weighted by molar-refractivity contribution is 0.0763. The van der Waals surface area contributed by atoms with Crippen LogP contribution in [0.1, 0.15) is 60.5 Å². The van der Waals surface area contributed by atoms with Gasteiger partial charge in [-0.05, 0) is 31.7 Å². The zero-order chi connectivity index (χ0) is 16.0. The van der Waals surface area contributed by atoms with Gasteiger partial charge in [-0.2, -0.15) is 0 Å². The van der Waals surface area contributed by atoms with Crippen LogP contribution in [0.2, 0.25) is 0 Å². The fraction of sp³-hybridized carbons (Fsp3) is 0.588. The van der Waals surface area contributed by atoms with Crippen molar-refractivity contribution in [3.05, 3.63) is 27.7 Å². The lowest BCUT2D eigenvalue weighted by atomic mass is 10.1. The molecule has 3 heterocycles. The lowest BCUT2D eigenvalue weighted by Crippen LogP contribution is -2.32. The Morgan fingerprint density at radius 1 is 1.22 bits per heavy atom. The second-order valence-electron chi connectivity index (χ2n) is 6.77. The first-order chi connectivity index (χ1) is 11.1. The first kappa shape index (κ1) is 14.5. The topological polar surface area (TPSA) is 71.0 Å². The highest BCUT2D eigenvalue weighted by atomic mass is 16.2. The summed E-state index contributed by atoms with van der Waals surface area (Å²) in [5.74, 6) is 0.429. The Morgan fingerprint density at radius 2 is 1.91 bits per heavy atom. The molecule has 0 bridgehead atoms. The van der Waals surface area contributed by atoms with Crippen molar-refractivity contribution in [3.8, 4) is 0 Å². The largest absolute Gasteiger partial charge is 0.339 e. The van der Waals surface area contributed by atoms with Gasteiger partial charge in [0.05, 0.1) is 10.9 Å². The van der Waals surface area contributed by atoms with Crippen LogP contribution in [0.4, 0.5) is 0 Å². The number of hydrogen-bond acceptors (Lipinski definition) is 3. The Kier molecular flexibility index (Phi) is 3.47. The van der Waals surface area contributed by atoms with Gasteiger partial charge in [0.25, 0.3) is 11.5 Å². The standard InChI is InChI=1S/C17H22N4O2/c1-20-15-14(16(22)19-20)12(10-13(18-15)11-6-7-11)17(23)21-8-4-2-3-5-9-21/h10-11H,2-9H2,1H3,(H,19,22). The van der Waals surface area contributed by atoms with E-state index in [9.17, 15) is 9.59 Å². The highest BCUT2D eigenvalue weighted by Gasteiger charge is 2.29. The SMILES string of the molecule is Cn1[nH]c(=O)c2c(C(=O)N3CCCCCC3)cc(C3CC3)nc21. The third-order valence-corrected chi connectivity index (χ3v) is 4.95. The van der Waals surface area contributed by atoms with Gasteiger partial charge in [-0.25, -0.2) is 4.98 Å². The van der Waals surface area contributed by atoms with E-state index in [-0.39, 0.29) is 11.5 Å². The summed E-state index contributed by atoms with van der Waals surface area (Å²) >= 11 is 0. The van der Waals surface area contributed by atoms with E-state index in [2.05, 4.69) is 10.1 Å². The molecule has 1 saturated carbocycles. The van der Waals surface area contributed by atoms with Gasteiger partial charge in [0.15, 0.2) is 5.65 Å². The van der Waals surface area contributed by atoms with Crippen LogP contribution in [-0.4, -0.2) is 38.7 Å². The molecule has 1 aliphatic carbocycles. The van der Waals surface area contributed by atoms with E-state index >= 15 is 0 Å². The molecule has 0 radical (unpaired) electrons. The molecule has 2 aromatic rings. The second-order valence-corrected chi connectivity index (χ2v) is 6.77. The molecule has 122 valence electrons. The number of likely N-dealkylation sites (tertiary alicyclic amines) is 1. The third kappa shape index (κ3) is 2.56. The molecule has 0 atom stereocenters. The molecule has 2 aliphatic rings. The molecule has 23 heavy (non-hydrogen) atoms. The number of nitrogens with zero attached hydrogens (tertiary/aromatic N) is 3. The van der Waals surface area contributed by atoms with Gasteiger partial charge in [0.1, 0.15) is 0 Å². The molecule has 4 rings (SSSR count). The minimum absolute atomic E-state index is 0.0158. The van der Waals surface area contributed by atoms with Gasteiger partial charge in [-0.1, -0.05) is 12.8 Å². The van der Waals surface area contributed by atoms with Crippen molar-refractivity contribution in [3.63, 3.8) is 0 Å². The summed E-state index contributed by atoms with van der Waals surface area (Å²) < 4.78 is 1.63. The average molecular weight is 314 g/mol. The summed E-state index contributed by atoms with van der Waals surface area (Å²) in [5, 5.41) is 3.18. The number of rotatable bonds is 2. The first-order valence-corrected chi connectivity index (χ1v) is 8.54. The number of aromatic nitrogens is 3. The Balaban J connectivity index is 1.83. The molecular weight excluding hydrogens is 292 g/mol. The highest BCUT2D eigenvalue weighted by molar-refractivity contribution is 6.05. The molecule has 1 aliphatic heterocycles. The van der Waals surface area contributed by atoms with E-state index in [1.807, 2.05) is 11.0 Å². The smallest absolute Gasteiger partial charge is 0.274 e. The molecule has 0 unspecified atom stereocenters. The Morgan fingerprint density at radius 3 is 2.57 bits per heavy atom. The van der Waals surface area contributed by atoms with Crippen molar-refractivity contribution in [2.45, 2.75) is 44.4 Å². The van der Waals surface area contributed by atoms with Crippen LogP contribution in [0.3, 0.4) is 0 Å². The molecular formula is C17H22N4O2. The maximum Gasteiger partial charge on any atom is 0.274 e. The van der Waals surface area contributed by atoms with Crippen LogP contribution in [-0.2, 0) is 7.05 Å². The van der Waals surface area contributed by atoms with E-state index in [0.29, 0.717) is 22.5 Å². The second kappa shape index (κ2) is 5.51. The highest BCUT2D eigenvalue weighted by Crippen LogP contribution is 2.40. The number of aromatic amines is 1. The van der Waals surface area contributed by atoms with E-state index < -0.39 is 0 Å². The molecule has 1 saturated heterocycles. The quantitative estimate of drug-likeness (QED) is 0.923. The Bertz CT molecular complexity index is 808. The summed E-state index contributed by atoms with van der Waals surface area (Å²) in [6.07, 6.45) is 6.67. The van der Waals surface area contributed by atoms with Crippen molar-refractivity contribution >= 4 is 16.9 Å². The summed E-state index contributed by atoms with van der Waals surface area (Å²) in [7, 11) is 1.77. The summed E-state index contributed by atoms with van der Waals surface area (Å²) in [6.45, 7) is 1.57.